The molecule has 0 atom stereocenters. The van der Waals surface area contributed by atoms with Gasteiger partial charge in [-0.2, -0.15) is 0 Å². The molecule has 0 N–H and O–H groups in total. The van der Waals surface area contributed by atoms with Gasteiger partial charge in [0.25, 0.3) is 5.72 Å². The van der Waals surface area contributed by atoms with Gasteiger partial charge in [0.05, 0.1) is 0 Å². The highest BCUT2D eigenvalue weighted by Gasteiger charge is 2.38. The van der Waals surface area contributed by atoms with Crippen molar-refractivity contribution < 1.29 is 4.74 Å². The van der Waals surface area contributed by atoms with Crippen molar-refractivity contribution in [3.63, 3.8) is 0 Å². The molecule has 2 heteroatoms. The Bertz CT molecular complexity index is 770. The fourth-order valence-electron chi connectivity index (χ4n) is 2.79. The van der Waals surface area contributed by atoms with Crippen molar-refractivity contribution in [2.75, 3.05) is 0 Å². The van der Waals surface area contributed by atoms with Crippen molar-refractivity contribution in [2.45, 2.75) is 5.72 Å². The minimum atomic E-state index is -0.823. The molecule has 0 unspecified atom stereocenters. The maximum absolute atomic E-state index is 6.39. The molecule has 0 radical (unpaired) electrons. The van der Waals surface area contributed by atoms with Gasteiger partial charge in [0.15, 0.2) is 0 Å². The molecule has 1 aliphatic rings. The first-order chi connectivity index (χ1) is 10.9. The lowest BCUT2D eigenvalue weighted by Crippen LogP contribution is -2.35. The average Bonchev–Trinajstić information content (AvgIpc) is 2.63. The fourth-order valence-corrected chi connectivity index (χ4v) is 2.79. The maximum atomic E-state index is 6.39. The number of rotatable bonds is 2. The molecule has 0 amide bonds. The highest BCUT2D eigenvalue weighted by Crippen LogP contribution is 2.39. The molecule has 0 saturated heterocycles. The van der Waals surface area contributed by atoms with Crippen molar-refractivity contribution in [3.8, 4) is 5.75 Å². The molecule has 0 spiro atoms. The minimum Gasteiger partial charge on any atom is -0.457 e. The van der Waals surface area contributed by atoms with Crippen LogP contribution >= 0.6 is 0 Å². The smallest absolute Gasteiger partial charge is 0.252 e. The van der Waals surface area contributed by atoms with Crippen LogP contribution in [-0.4, -0.2) is 6.21 Å². The Hall–Kier alpha value is -2.87. The monoisotopic (exact) mass is 285 g/mol. The number of hydrogen-bond donors (Lipinski definition) is 0. The summed E-state index contributed by atoms with van der Waals surface area (Å²) in [5.74, 6) is 0.852. The number of para-hydroxylation sites is 1. The zero-order valence-corrected chi connectivity index (χ0v) is 12.0. The molecule has 0 aromatic heterocycles. The van der Waals surface area contributed by atoms with E-state index in [1.165, 1.54) is 0 Å². The van der Waals surface area contributed by atoms with E-state index in [0.29, 0.717) is 0 Å². The number of ether oxygens (including phenoxy) is 1. The van der Waals surface area contributed by atoms with Crippen LogP contribution in [0.5, 0.6) is 5.75 Å². The van der Waals surface area contributed by atoms with Gasteiger partial charge < -0.3 is 4.74 Å². The number of nitrogens with zero attached hydrogens (tertiary/aromatic N) is 1. The van der Waals surface area contributed by atoms with E-state index < -0.39 is 5.72 Å². The normalized spacial score (nSPS) is 14.9. The quantitative estimate of drug-likeness (QED) is 0.684. The lowest BCUT2D eigenvalue weighted by Gasteiger charge is -2.34. The van der Waals surface area contributed by atoms with Gasteiger partial charge in [-0.15, -0.1) is 0 Å². The summed E-state index contributed by atoms with van der Waals surface area (Å²) in [6.07, 6.45) is 1.90. The fraction of sp³-hybridized carbons (Fsp3) is 0.0500. The van der Waals surface area contributed by atoms with E-state index in [0.717, 1.165) is 22.4 Å². The lowest BCUT2D eigenvalue weighted by atomic mass is 9.93. The van der Waals surface area contributed by atoms with Crippen LogP contribution in [-0.2, 0) is 5.72 Å². The second-order valence-corrected chi connectivity index (χ2v) is 5.27. The predicted octanol–water partition coefficient (Wildman–Crippen LogP) is 4.40. The number of hydrogen-bond acceptors (Lipinski definition) is 2. The van der Waals surface area contributed by atoms with Gasteiger partial charge in [-0.3, -0.25) is 0 Å². The summed E-state index contributed by atoms with van der Waals surface area (Å²) in [4.78, 5) is 4.80. The number of benzene rings is 3. The first-order valence-electron chi connectivity index (χ1n) is 7.33. The van der Waals surface area contributed by atoms with Crippen molar-refractivity contribution in [2.24, 2.45) is 4.99 Å². The van der Waals surface area contributed by atoms with E-state index >= 15 is 0 Å². The predicted molar refractivity (Wildman–Crippen MR) is 88.3 cm³/mol. The third-order valence-electron chi connectivity index (χ3n) is 3.89. The van der Waals surface area contributed by atoms with Crippen molar-refractivity contribution in [1.29, 1.82) is 0 Å². The van der Waals surface area contributed by atoms with Gasteiger partial charge >= 0.3 is 0 Å². The Morgan fingerprint density at radius 1 is 0.636 bits per heavy atom. The van der Waals surface area contributed by atoms with Gasteiger partial charge in [-0.05, 0) is 12.1 Å². The molecule has 0 fully saturated rings. The third-order valence-corrected chi connectivity index (χ3v) is 3.89. The summed E-state index contributed by atoms with van der Waals surface area (Å²) in [7, 11) is 0. The highest BCUT2D eigenvalue weighted by atomic mass is 16.5. The largest absolute Gasteiger partial charge is 0.457 e. The van der Waals surface area contributed by atoms with E-state index in [1.807, 2.05) is 66.9 Å². The lowest BCUT2D eigenvalue weighted by molar-refractivity contribution is 0.117. The molecule has 1 aliphatic heterocycles. The summed E-state index contributed by atoms with van der Waals surface area (Å²) in [6, 6.07) is 28.3. The summed E-state index contributed by atoms with van der Waals surface area (Å²) in [6.45, 7) is 0. The van der Waals surface area contributed by atoms with E-state index in [-0.39, 0.29) is 0 Å². The van der Waals surface area contributed by atoms with Crippen LogP contribution in [0.1, 0.15) is 16.7 Å². The molecule has 4 rings (SSSR count). The van der Waals surface area contributed by atoms with Gasteiger partial charge in [-0.1, -0.05) is 72.8 Å². The summed E-state index contributed by atoms with van der Waals surface area (Å²) >= 11 is 0. The van der Waals surface area contributed by atoms with Gasteiger partial charge in [0.1, 0.15) is 5.75 Å². The summed E-state index contributed by atoms with van der Waals surface area (Å²) in [5.41, 5.74) is 2.22. The molecular formula is C20H15NO. The SMILES string of the molecule is C1=NC(c2ccccc2)(c2ccccc2)Oc2ccccc21. The van der Waals surface area contributed by atoms with Crippen LogP contribution in [0.15, 0.2) is 89.9 Å². The molecule has 2 nitrogen and oxygen atoms in total. The Kier molecular flexibility index (Phi) is 3.01. The summed E-state index contributed by atoms with van der Waals surface area (Å²) < 4.78 is 6.39. The average molecular weight is 285 g/mol. The molecule has 0 aliphatic carbocycles. The zero-order chi connectivity index (χ0) is 14.8. The van der Waals surface area contributed by atoms with Gasteiger partial charge in [0, 0.05) is 22.9 Å². The first-order valence-corrected chi connectivity index (χ1v) is 7.33. The maximum Gasteiger partial charge on any atom is 0.252 e. The molecule has 3 aromatic carbocycles. The Morgan fingerprint density at radius 3 is 1.82 bits per heavy atom. The van der Waals surface area contributed by atoms with Crippen LogP contribution in [0, 0.1) is 0 Å². The molecule has 22 heavy (non-hydrogen) atoms. The molecule has 106 valence electrons. The molecule has 3 aromatic rings. The number of aliphatic imine (C=N–C) groups is 1. The number of fused-ring (bicyclic) bond motifs is 1. The van der Waals surface area contributed by atoms with E-state index in [2.05, 4.69) is 24.3 Å². The van der Waals surface area contributed by atoms with Crippen LogP contribution in [0.3, 0.4) is 0 Å². The first kappa shape index (κ1) is 12.8. The zero-order valence-electron chi connectivity index (χ0n) is 12.0. The van der Waals surface area contributed by atoms with E-state index in [1.54, 1.807) is 0 Å². The van der Waals surface area contributed by atoms with Crippen LogP contribution in [0.2, 0.25) is 0 Å². The van der Waals surface area contributed by atoms with Crippen molar-refractivity contribution in [3.05, 3.63) is 102 Å². The van der Waals surface area contributed by atoms with Gasteiger partial charge in [0.2, 0.25) is 0 Å². The van der Waals surface area contributed by atoms with E-state index in [9.17, 15) is 0 Å². The summed E-state index contributed by atoms with van der Waals surface area (Å²) in [5, 5.41) is 0. The Morgan fingerprint density at radius 2 is 1.18 bits per heavy atom. The minimum absolute atomic E-state index is 0.823. The molecule has 1 heterocycles. The van der Waals surface area contributed by atoms with Crippen LogP contribution < -0.4 is 4.74 Å². The molecular weight excluding hydrogens is 270 g/mol. The van der Waals surface area contributed by atoms with Crippen LogP contribution in [0.25, 0.3) is 0 Å². The second-order valence-electron chi connectivity index (χ2n) is 5.27. The third kappa shape index (κ3) is 2.01. The van der Waals surface area contributed by atoms with E-state index in [4.69, 9.17) is 9.73 Å². The van der Waals surface area contributed by atoms with Crippen molar-refractivity contribution in [1.82, 2.24) is 0 Å². The van der Waals surface area contributed by atoms with Gasteiger partial charge in [-0.25, -0.2) is 4.99 Å². The second kappa shape index (κ2) is 5.15. The highest BCUT2D eigenvalue weighted by molar-refractivity contribution is 5.85. The Balaban J connectivity index is 1.93. The topological polar surface area (TPSA) is 21.6 Å². The van der Waals surface area contributed by atoms with Crippen LogP contribution in [0.4, 0.5) is 0 Å². The Labute approximate surface area is 129 Å². The van der Waals surface area contributed by atoms with Crippen molar-refractivity contribution >= 4 is 6.21 Å². The molecule has 0 saturated carbocycles. The standard InChI is InChI=1S/C20H15NO/c1-3-10-17(11-4-1)20(18-12-5-2-6-13-18)21-15-16-9-7-8-14-19(16)22-20/h1-15H. The molecule has 0 bridgehead atoms.